The number of amides is 1. The van der Waals surface area contributed by atoms with Crippen molar-refractivity contribution in [3.63, 3.8) is 0 Å². The third-order valence-corrected chi connectivity index (χ3v) is 6.47. The molecule has 0 aromatic heterocycles. The number of carbonyl (C=O) groups excluding carboxylic acids is 2. The summed E-state index contributed by atoms with van der Waals surface area (Å²) in [6.07, 6.45) is 0. The number of phenolic OH excluding ortho intramolecular Hbond substituents is 1. The van der Waals surface area contributed by atoms with E-state index in [1.54, 1.807) is 19.1 Å². The average Bonchev–Trinajstić information content (AvgIpc) is 2.69. The summed E-state index contributed by atoms with van der Waals surface area (Å²) >= 11 is 26.1. The molecule has 0 saturated heterocycles. The van der Waals surface area contributed by atoms with Crippen LogP contribution in [0.1, 0.15) is 19.4 Å². The Hall–Kier alpha value is -1.51. The van der Waals surface area contributed by atoms with Gasteiger partial charge in [0.1, 0.15) is 10.8 Å². The average molecular weight is 513 g/mol. The highest BCUT2D eigenvalue weighted by molar-refractivity contribution is 7.99. The van der Waals surface area contributed by atoms with Crippen molar-refractivity contribution in [2.24, 2.45) is 0 Å². The first-order valence-corrected chi connectivity index (χ1v) is 10.9. The molecule has 0 bridgehead atoms. The number of esters is 1. The lowest BCUT2D eigenvalue weighted by molar-refractivity contribution is -0.145. The van der Waals surface area contributed by atoms with E-state index in [1.807, 2.05) is 0 Å². The highest BCUT2D eigenvalue weighted by Crippen LogP contribution is 2.46. The molecule has 2 aromatic rings. The first-order valence-electron chi connectivity index (χ1n) is 8.54. The quantitative estimate of drug-likeness (QED) is 0.439. The van der Waals surface area contributed by atoms with Crippen LogP contribution >= 0.6 is 58.2 Å². The van der Waals surface area contributed by atoms with E-state index < -0.39 is 5.97 Å². The van der Waals surface area contributed by atoms with Crippen LogP contribution in [-0.4, -0.2) is 30.2 Å². The monoisotopic (exact) mass is 511 g/mol. The molecule has 0 fully saturated rings. The number of hydrogen-bond acceptors (Lipinski definition) is 6. The molecule has 0 radical (unpaired) electrons. The Labute approximate surface area is 197 Å². The molecule has 2 N–H and O–H groups in total. The molecule has 0 heterocycles. The highest BCUT2D eigenvalue weighted by atomic mass is 35.5. The van der Waals surface area contributed by atoms with E-state index in [0.29, 0.717) is 15.4 Å². The van der Waals surface area contributed by atoms with Crippen molar-refractivity contribution in [1.29, 1.82) is 0 Å². The predicted molar refractivity (Wildman–Crippen MR) is 118 cm³/mol. The largest absolute Gasteiger partial charge is 0.505 e. The normalized spacial score (nSPS) is 10.6. The molecule has 0 saturated carbocycles. The first kappa shape index (κ1) is 24.8. The van der Waals surface area contributed by atoms with Gasteiger partial charge in [0, 0.05) is 28.8 Å². The molecular formula is C19H17Cl4NO5S. The number of hydrogen-bond donors (Lipinski definition) is 2. The molecule has 2 aromatic carbocycles. The zero-order chi connectivity index (χ0) is 22.4. The van der Waals surface area contributed by atoms with Crippen LogP contribution in [-0.2, 0) is 20.9 Å². The van der Waals surface area contributed by atoms with Crippen LogP contribution in [0.2, 0.25) is 20.1 Å². The Morgan fingerprint density at radius 1 is 1.10 bits per heavy atom. The lowest BCUT2D eigenvalue weighted by Gasteiger charge is -2.16. The lowest BCUT2D eigenvalue weighted by Crippen LogP contribution is -2.19. The SMILES string of the molecule is CCOC(=O)COc1ccc(Sc2cc(Cl)c(O)c(Cl)c2CNC(C)=O)c(Cl)c1Cl. The van der Waals surface area contributed by atoms with Gasteiger partial charge in [0.25, 0.3) is 0 Å². The Morgan fingerprint density at radius 2 is 1.80 bits per heavy atom. The van der Waals surface area contributed by atoms with E-state index >= 15 is 0 Å². The number of halogens is 4. The van der Waals surface area contributed by atoms with E-state index in [1.165, 1.54) is 24.8 Å². The molecule has 0 unspecified atom stereocenters. The summed E-state index contributed by atoms with van der Waals surface area (Å²) in [5.41, 5.74) is 0.466. The maximum Gasteiger partial charge on any atom is 0.344 e. The molecule has 162 valence electrons. The van der Waals surface area contributed by atoms with Gasteiger partial charge in [-0.25, -0.2) is 4.79 Å². The molecule has 6 nitrogen and oxygen atoms in total. The van der Waals surface area contributed by atoms with Gasteiger partial charge in [-0.15, -0.1) is 0 Å². The van der Waals surface area contributed by atoms with Gasteiger partial charge in [0.2, 0.25) is 5.91 Å². The molecule has 2 rings (SSSR count). The van der Waals surface area contributed by atoms with Crippen molar-refractivity contribution in [1.82, 2.24) is 5.32 Å². The van der Waals surface area contributed by atoms with Crippen molar-refractivity contribution in [2.75, 3.05) is 13.2 Å². The standard InChI is InChI=1S/C19H17Cl4NO5S/c1-3-28-15(26)8-29-12-4-5-13(18(23)17(12)22)30-14-6-11(20)19(27)16(21)10(14)7-24-9(2)25/h4-6,27H,3,7-8H2,1-2H3,(H,24,25). The summed E-state index contributed by atoms with van der Waals surface area (Å²) in [5.74, 6) is -0.853. The summed E-state index contributed by atoms with van der Waals surface area (Å²) in [6, 6.07) is 4.73. The van der Waals surface area contributed by atoms with Crippen molar-refractivity contribution in [3.05, 3.63) is 43.9 Å². The number of rotatable bonds is 8. The maximum absolute atomic E-state index is 11.5. The van der Waals surface area contributed by atoms with Gasteiger partial charge in [-0.1, -0.05) is 58.2 Å². The molecule has 1 amide bonds. The number of carbonyl (C=O) groups is 2. The topological polar surface area (TPSA) is 84.9 Å². The zero-order valence-corrected chi connectivity index (χ0v) is 19.7. The second-order valence-electron chi connectivity index (χ2n) is 5.79. The molecule has 11 heteroatoms. The number of aromatic hydroxyl groups is 1. The van der Waals surface area contributed by atoms with Crippen molar-refractivity contribution in [3.8, 4) is 11.5 Å². The zero-order valence-electron chi connectivity index (χ0n) is 15.9. The third kappa shape index (κ3) is 6.25. The molecule has 0 spiro atoms. The molecule has 0 aliphatic heterocycles. The van der Waals surface area contributed by atoms with Gasteiger partial charge in [-0.2, -0.15) is 0 Å². The van der Waals surface area contributed by atoms with Gasteiger partial charge >= 0.3 is 5.97 Å². The first-order chi connectivity index (χ1) is 14.1. The summed E-state index contributed by atoms with van der Waals surface area (Å²) in [7, 11) is 0. The Bertz CT molecular complexity index is 971. The summed E-state index contributed by atoms with van der Waals surface area (Å²) in [5, 5.41) is 13.0. The van der Waals surface area contributed by atoms with Crippen LogP contribution in [0, 0.1) is 0 Å². The molecule has 0 atom stereocenters. The van der Waals surface area contributed by atoms with Crippen LogP contribution in [0.4, 0.5) is 0 Å². The second kappa shape index (κ2) is 11.2. The molecule has 30 heavy (non-hydrogen) atoms. The minimum absolute atomic E-state index is 0.0235. The van der Waals surface area contributed by atoms with Gasteiger partial charge in [-0.05, 0) is 25.1 Å². The highest BCUT2D eigenvalue weighted by Gasteiger charge is 2.19. The van der Waals surface area contributed by atoms with Crippen LogP contribution in [0.15, 0.2) is 28.0 Å². The van der Waals surface area contributed by atoms with Gasteiger partial charge in [0.15, 0.2) is 12.4 Å². The summed E-state index contributed by atoms with van der Waals surface area (Å²) in [4.78, 5) is 23.9. The van der Waals surface area contributed by atoms with E-state index in [9.17, 15) is 14.7 Å². The number of nitrogens with one attached hydrogen (secondary N) is 1. The molecule has 0 aliphatic rings. The van der Waals surface area contributed by atoms with Crippen molar-refractivity contribution < 1.29 is 24.2 Å². The van der Waals surface area contributed by atoms with Crippen LogP contribution in [0.5, 0.6) is 11.5 Å². The summed E-state index contributed by atoms with van der Waals surface area (Å²) in [6.45, 7) is 3.07. The fraction of sp³-hybridized carbons (Fsp3) is 0.263. The third-order valence-electron chi connectivity index (χ3n) is 3.65. The minimum atomic E-state index is -0.529. The Kier molecular flexibility index (Phi) is 9.25. The fourth-order valence-electron chi connectivity index (χ4n) is 2.26. The van der Waals surface area contributed by atoms with E-state index in [2.05, 4.69) is 5.32 Å². The smallest absolute Gasteiger partial charge is 0.344 e. The fourth-order valence-corrected chi connectivity index (χ4v) is 4.49. The van der Waals surface area contributed by atoms with E-state index in [0.717, 1.165) is 0 Å². The van der Waals surface area contributed by atoms with Gasteiger partial charge in [0.05, 0.1) is 21.7 Å². The second-order valence-corrected chi connectivity index (χ2v) is 8.42. The predicted octanol–water partition coefficient (Wildman–Crippen LogP) is 5.74. The van der Waals surface area contributed by atoms with Crippen LogP contribution in [0.3, 0.4) is 0 Å². The van der Waals surface area contributed by atoms with Crippen LogP contribution < -0.4 is 10.1 Å². The van der Waals surface area contributed by atoms with Gasteiger partial charge < -0.3 is 19.9 Å². The van der Waals surface area contributed by atoms with E-state index in [4.69, 9.17) is 55.9 Å². The number of benzene rings is 2. The minimum Gasteiger partial charge on any atom is -0.505 e. The van der Waals surface area contributed by atoms with Crippen molar-refractivity contribution in [2.45, 2.75) is 30.2 Å². The van der Waals surface area contributed by atoms with Gasteiger partial charge in [-0.3, -0.25) is 4.79 Å². The maximum atomic E-state index is 11.5. The van der Waals surface area contributed by atoms with Crippen molar-refractivity contribution >= 4 is 70.0 Å². The molecular weight excluding hydrogens is 496 g/mol. The van der Waals surface area contributed by atoms with E-state index in [-0.39, 0.29) is 57.3 Å². The summed E-state index contributed by atoms with van der Waals surface area (Å²) < 4.78 is 10.2. The number of phenols is 1. The number of ether oxygens (including phenoxy) is 2. The van der Waals surface area contributed by atoms with Crippen LogP contribution in [0.25, 0.3) is 0 Å². The molecule has 0 aliphatic carbocycles. The lowest BCUT2D eigenvalue weighted by atomic mass is 10.2. The Morgan fingerprint density at radius 3 is 2.43 bits per heavy atom. The Balaban J connectivity index is 2.32.